The summed E-state index contributed by atoms with van der Waals surface area (Å²) in [4.78, 5) is 0. The molecule has 2 aromatic carbocycles. The summed E-state index contributed by atoms with van der Waals surface area (Å²) in [5, 5.41) is 2.85. The zero-order valence-electron chi connectivity index (χ0n) is 13.8. The molecule has 0 aliphatic carbocycles. The maximum Gasteiger partial charge on any atom is -0.0152 e. The van der Waals surface area contributed by atoms with Crippen LogP contribution in [0.25, 0.3) is 10.8 Å². The van der Waals surface area contributed by atoms with E-state index in [0.29, 0.717) is 0 Å². The zero-order valence-corrected chi connectivity index (χ0v) is 13.8. The highest BCUT2D eigenvalue weighted by Gasteiger charge is 2.02. The van der Waals surface area contributed by atoms with Crippen molar-refractivity contribution >= 4 is 10.8 Å². The minimum Gasteiger partial charge on any atom is -0.0654 e. The Morgan fingerprint density at radius 2 is 1.43 bits per heavy atom. The van der Waals surface area contributed by atoms with E-state index in [2.05, 4.69) is 50.2 Å². The van der Waals surface area contributed by atoms with Crippen molar-refractivity contribution in [1.29, 1.82) is 0 Å². The molecule has 2 aromatic rings. The summed E-state index contributed by atoms with van der Waals surface area (Å²) >= 11 is 0. The van der Waals surface area contributed by atoms with Gasteiger partial charge in [-0.15, -0.1) is 0 Å². The van der Waals surface area contributed by atoms with Crippen LogP contribution in [0.5, 0.6) is 0 Å². The summed E-state index contributed by atoms with van der Waals surface area (Å²) in [5.41, 5.74) is 2.93. The second-order valence-corrected chi connectivity index (χ2v) is 6.37. The van der Waals surface area contributed by atoms with Gasteiger partial charge in [-0.25, -0.2) is 0 Å². The van der Waals surface area contributed by atoms with E-state index in [4.69, 9.17) is 0 Å². The van der Waals surface area contributed by atoms with Gasteiger partial charge in [0.25, 0.3) is 0 Å². The van der Waals surface area contributed by atoms with E-state index in [9.17, 15) is 0 Å². The normalized spacial score (nSPS) is 11.1. The predicted octanol–water partition coefficient (Wildman–Crippen LogP) is 6.83. The fourth-order valence-corrected chi connectivity index (χ4v) is 3.21. The van der Waals surface area contributed by atoms with Crippen molar-refractivity contribution in [2.45, 2.75) is 71.6 Å². The van der Waals surface area contributed by atoms with Crippen molar-refractivity contribution in [1.82, 2.24) is 0 Å². The lowest BCUT2D eigenvalue weighted by atomic mass is 9.97. The molecule has 0 heteroatoms. The Morgan fingerprint density at radius 3 is 2.19 bits per heavy atom. The first-order chi connectivity index (χ1) is 10.3. The molecule has 0 aromatic heterocycles. The van der Waals surface area contributed by atoms with E-state index in [1.54, 1.807) is 0 Å². The molecule has 0 amide bonds. The van der Waals surface area contributed by atoms with E-state index in [0.717, 1.165) is 0 Å². The van der Waals surface area contributed by atoms with E-state index in [-0.39, 0.29) is 0 Å². The van der Waals surface area contributed by atoms with E-state index >= 15 is 0 Å². The highest BCUT2D eigenvalue weighted by Crippen LogP contribution is 2.23. The smallest absolute Gasteiger partial charge is 0.0152 e. The summed E-state index contributed by atoms with van der Waals surface area (Å²) in [7, 11) is 0. The average molecular weight is 282 g/mol. The number of hydrogen-bond donors (Lipinski definition) is 0. The molecule has 0 saturated carbocycles. The Morgan fingerprint density at radius 1 is 0.762 bits per heavy atom. The molecule has 0 saturated heterocycles. The van der Waals surface area contributed by atoms with Crippen LogP contribution in [0.3, 0.4) is 0 Å². The Bertz CT molecular complexity index is 539. The topological polar surface area (TPSA) is 0 Å². The van der Waals surface area contributed by atoms with Crippen molar-refractivity contribution in [3.05, 3.63) is 47.5 Å². The molecule has 0 heterocycles. The van der Waals surface area contributed by atoms with Gasteiger partial charge < -0.3 is 0 Å². The Labute approximate surface area is 130 Å². The van der Waals surface area contributed by atoms with Gasteiger partial charge in [0.1, 0.15) is 0 Å². The summed E-state index contributed by atoms with van der Waals surface area (Å²) < 4.78 is 0. The number of benzene rings is 2. The molecule has 0 fully saturated rings. The largest absolute Gasteiger partial charge is 0.0654 e. The first-order valence-corrected chi connectivity index (χ1v) is 8.79. The third kappa shape index (κ3) is 5.19. The first-order valence-electron chi connectivity index (χ1n) is 8.79. The van der Waals surface area contributed by atoms with Crippen LogP contribution in [0, 0.1) is 6.92 Å². The second kappa shape index (κ2) is 8.87. The van der Waals surface area contributed by atoms with Gasteiger partial charge in [-0.3, -0.25) is 0 Å². The molecule has 0 N–H and O–H groups in total. The molecule has 21 heavy (non-hydrogen) atoms. The molecular formula is C21H30. The van der Waals surface area contributed by atoms with Crippen LogP contribution < -0.4 is 0 Å². The van der Waals surface area contributed by atoms with Gasteiger partial charge >= 0.3 is 0 Å². The molecular weight excluding hydrogens is 252 g/mol. The Kier molecular flexibility index (Phi) is 6.79. The fraction of sp³-hybridized carbons (Fsp3) is 0.524. The lowest BCUT2D eigenvalue weighted by Gasteiger charge is -2.08. The van der Waals surface area contributed by atoms with Gasteiger partial charge in [-0.1, -0.05) is 93.8 Å². The van der Waals surface area contributed by atoms with Crippen molar-refractivity contribution in [2.75, 3.05) is 0 Å². The molecule has 2 rings (SSSR count). The van der Waals surface area contributed by atoms with Crippen LogP contribution in [0.2, 0.25) is 0 Å². The molecule has 0 radical (unpaired) electrons. The molecule has 0 aliphatic heterocycles. The number of hydrogen-bond acceptors (Lipinski definition) is 0. The third-order valence-corrected chi connectivity index (χ3v) is 4.39. The van der Waals surface area contributed by atoms with Gasteiger partial charge in [-0.2, -0.15) is 0 Å². The maximum absolute atomic E-state index is 2.38. The average Bonchev–Trinajstić information content (AvgIpc) is 2.49. The van der Waals surface area contributed by atoms with Crippen molar-refractivity contribution in [3.63, 3.8) is 0 Å². The summed E-state index contributed by atoms with van der Waals surface area (Å²) in [6, 6.07) is 13.5. The van der Waals surface area contributed by atoms with Crippen molar-refractivity contribution < 1.29 is 0 Å². The Balaban J connectivity index is 1.78. The van der Waals surface area contributed by atoms with Gasteiger partial charge in [0.2, 0.25) is 0 Å². The van der Waals surface area contributed by atoms with Crippen LogP contribution in [0.15, 0.2) is 36.4 Å². The second-order valence-electron chi connectivity index (χ2n) is 6.37. The van der Waals surface area contributed by atoms with Gasteiger partial charge in [0.15, 0.2) is 0 Å². The number of rotatable bonds is 9. The molecule has 0 atom stereocenters. The van der Waals surface area contributed by atoms with Crippen LogP contribution in [0.4, 0.5) is 0 Å². The monoisotopic (exact) mass is 282 g/mol. The molecule has 0 spiro atoms. The molecule has 0 nitrogen and oxygen atoms in total. The third-order valence-electron chi connectivity index (χ3n) is 4.39. The molecule has 114 valence electrons. The summed E-state index contributed by atoms with van der Waals surface area (Å²) in [6.45, 7) is 4.50. The van der Waals surface area contributed by atoms with Gasteiger partial charge in [0.05, 0.1) is 0 Å². The summed E-state index contributed by atoms with van der Waals surface area (Å²) in [5.74, 6) is 0. The highest BCUT2D eigenvalue weighted by atomic mass is 14.1. The minimum atomic E-state index is 1.23. The standard InChI is InChI=1S/C21H30/c1-3-4-5-6-7-8-9-10-13-19-16-18(2)17-20-14-11-12-15-21(19)20/h11-12,14-17H,3-10,13H2,1-2H3. The van der Waals surface area contributed by atoms with Crippen molar-refractivity contribution in [2.24, 2.45) is 0 Å². The van der Waals surface area contributed by atoms with Crippen LogP contribution in [-0.2, 0) is 6.42 Å². The zero-order chi connectivity index (χ0) is 14.9. The molecule has 0 aliphatic rings. The highest BCUT2D eigenvalue weighted by molar-refractivity contribution is 5.86. The quantitative estimate of drug-likeness (QED) is 0.442. The number of fused-ring (bicyclic) bond motifs is 1. The summed E-state index contributed by atoms with van der Waals surface area (Å²) in [6.07, 6.45) is 12.4. The van der Waals surface area contributed by atoms with E-state index in [1.807, 2.05) is 0 Å². The fourth-order valence-electron chi connectivity index (χ4n) is 3.21. The van der Waals surface area contributed by atoms with Gasteiger partial charge in [-0.05, 0) is 36.1 Å². The lowest BCUT2D eigenvalue weighted by molar-refractivity contribution is 0.576. The predicted molar refractivity (Wildman–Crippen MR) is 95.0 cm³/mol. The number of aryl methyl sites for hydroxylation is 2. The Hall–Kier alpha value is -1.30. The molecule has 0 bridgehead atoms. The van der Waals surface area contributed by atoms with Crippen molar-refractivity contribution in [3.8, 4) is 0 Å². The lowest BCUT2D eigenvalue weighted by Crippen LogP contribution is -1.90. The SMILES string of the molecule is CCCCCCCCCCc1cc(C)cc2ccccc12. The first kappa shape index (κ1) is 16.1. The van der Waals surface area contributed by atoms with Crippen LogP contribution >= 0.6 is 0 Å². The van der Waals surface area contributed by atoms with E-state index < -0.39 is 0 Å². The minimum absolute atomic E-state index is 1.23. The number of unbranched alkanes of at least 4 members (excludes halogenated alkanes) is 7. The maximum atomic E-state index is 2.38. The molecule has 0 unspecified atom stereocenters. The van der Waals surface area contributed by atoms with Crippen LogP contribution in [-0.4, -0.2) is 0 Å². The van der Waals surface area contributed by atoms with Crippen LogP contribution in [0.1, 0.15) is 69.4 Å². The van der Waals surface area contributed by atoms with Gasteiger partial charge in [0, 0.05) is 0 Å². The van der Waals surface area contributed by atoms with E-state index in [1.165, 1.54) is 79.7 Å².